The van der Waals surface area contributed by atoms with Crippen LogP contribution in [-0.4, -0.2) is 17.9 Å². The summed E-state index contributed by atoms with van der Waals surface area (Å²) in [6.07, 6.45) is 0.602. The number of esters is 1. The molecule has 0 amide bonds. The van der Waals surface area contributed by atoms with Crippen LogP contribution in [0.5, 0.6) is 11.5 Å². The molecular weight excluding hydrogens is 284 g/mol. The number of benzene rings is 2. The molecule has 1 unspecified atom stereocenters. The lowest BCUT2D eigenvalue weighted by atomic mass is 10.0. The average molecular weight is 296 g/mol. The van der Waals surface area contributed by atoms with Crippen LogP contribution in [0.4, 0.5) is 0 Å². The number of hydrogen-bond acceptors (Lipinski definition) is 5. The van der Waals surface area contributed by atoms with Crippen molar-refractivity contribution < 1.29 is 24.1 Å². The van der Waals surface area contributed by atoms with Gasteiger partial charge in [-0.05, 0) is 29.8 Å². The molecule has 0 spiro atoms. The first kappa shape index (κ1) is 12.9. The van der Waals surface area contributed by atoms with Gasteiger partial charge in [-0.3, -0.25) is 0 Å². The van der Waals surface area contributed by atoms with E-state index >= 15 is 0 Å². The van der Waals surface area contributed by atoms with E-state index in [1.807, 2.05) is 6.07 Å². The molecule has 0 saturated heterocycles. The van der Waals surface area contributed by atoms with Crippen LogP contribution in [-0.2, 0) is 4.74 Å². The van der Waals surface area contributed by atoms with E-state index in [1.165, 1.54) is 6.08 Å². The molecule has 2 aliphatic heterocycles. The van der Waals surface area contributed by atoms with Crippen molar-refractivity contribution in [3.05, 3.63) is 65.2 Å². The number of hydrogen-bond donors (Lipinski definition) is 1. The van der Waals surface area contributed by atoms with Crippen molar-refractivity contribution in [1.29, 1.82) is 0 Å². The highest BCUT2D eigenvalue weighted by Gasteiger charge is 2.26. The van der Waals surface area contributed by atoms with E-state index < -0.39 is 12.1 Å². The number of rotatable bonds is 2. The molecule has 0 saturated carbocycles. The fourth-order valence-corrected chi connectivity index (χ4v) is 2.55. The van der Waals surface area contributed by atoms with Gasteiger partial charge in [0, 0.05) is 5.56 Å². The van der Waals surface area contributed by atoms with Gasteiger partial charge in [-0.1, -0.05) is 24.3 Å². The van der Waals surface area contributed by atoms with E-state index in [2.05, 4.69) is 0 Å². The lowest BCUT2D eigenvalue weighted by molar-refractivity contribution is 0.0713. The number of ether oxygens (including phenoxy) is 3. The maximum absolute atomic E-state index is 11.8. The van der Waals surface area contributed by atoms with Crippen LogP contribution in [0.2, 0.25) is 0 Å². The topological polar surface area (TPSA) is 65.0 Å². The summed E-state index contributed by atoms with van der Waals surface area (Å²) < 4.78 is 15.8. The van der Waals surface area contributed by atoms with Gasteiger partial charge in [0.25, 0.3) is 0 Å². The van der Waals surface area contributed by atoms with Gasteiger partial charge in [0.2, 0.25) is 6.79 Å². The van der Waals surface area contributed by atoms with Crippen molar-refractivity contribution in [3.8, 4) is 11.5 Å². The maximum Gasteiger partial charge on any atom is 0.344 e. The Labute approximate surface area is 126 Å². The zero-order valence-corrected chi connectivity index (χ0v) is 11.5. The molecule has 2 aromatic rings. The Hall–Kier alpha value is -2.79. The van der Waals surface area contributed by atoms with E-state index in [-0.39, 0.29) is 6.79 Å². The van der Waals surface area contributed by atoms with Crippen LogP contribution in [0.1, 0.15) is 27.6 Å². The Morgan fingerprint density at radius 1 is 1.05 bits per heavy atom. The summed E-state index contributed by atoms with van der Waals surface area (Å²) in [5, 5.41) is 10.4. The highest BCUT2D eigenvalue weighted by atomic mass is 16.7. The lowest BCUT2D eigenvalue weighted by Crippen LogP contribution is -1.96. The Morgan fingerprint density at radius 3 is 2.68 bits per heavy atom. The second-order valence-electron chi connectivity index (χ2n) is 5.02. The van der Waals surface area contributed by atoms with Crippen molar-refractivity contribution in [2.24, 2.45) is 0 Å². The molecule has 2 heterocycles. The Balaban J connectivity index is 1.67. The van der Waals surface area contributed by atoms with Gasteiger partial charge in [0.05, 0.1) is 5.56 Å². The molecule has 0 radical (unpaired) electrons. The molecule has 0 aromatic heterocycles. The molecule has 110 valence electrons. The smallest absolute Gasteiger partial charge is 0.344 e. The highest BCUT2D eigenvalue weighted by molar-refractivity contribution is 6.02. The molecule has 22 heavy (non-hydrogen) atoms. The number of carbonyl (C=O) groups excluding carboxylic acids is 1. The molecule has 4 rings (SSSR count). The summed E-state index contributed by atoms with van der Waals surface area (Å²) >= 11 is 0. The third-order valence-electron chi connectivity index (χ3n) is 3.66. The predicted octanol–water partition coefficient (Wildman–Crippen LogP) is 2.66. The zero-order chi connectivity index (χ0) is 15.1. The normalized spacial score (nSPS) is 18.2. The average Bonchev–Trinajstić information content (AvgIpc) is 3.12. The molecule has 0 bridgehead atoms. The van der Waals surface area contributed by atoms with E-state index in [1.54, 1.807) is 36.4 Å². The summed E-state index contributed by atoms with van der Waals surface area (Å²) in [5.41, 5.74) is 1.83. The molecule has 5 heteroatoms. The van der Waals surface area contributed by atoms with Gasteiger partial charge in [-0.25, -0.2) is 4.79 Å². The van der Waals surface area contributed by atoms with E-state index in [0.717, 1.165) is 0 Å². The van der Waals surface area contributed by atoms with E-state index in [0.29, 0.717) is 33.9 Å². The third kappa shape index (κ3) is 2.03. The summed E-state index contributed by atoms with van der Waals surface area (Å²) in [6, 6.07) is 12.3. The molecule has 0 aliphatic carbocycles. The molecule has 1 N–H and O–H groups in total. The summed E-state index contributed by atoms with van der Waals surface area (Å²) in [4.78, 5) is 11.8. The van der Waals surface area contributed by atoms with Gasteiger partial charge in [0.1, 0.15) is 11.9 Å². The van der Waals surface area contributed by atoms with Crippen molar-refractivity contribution in [2.75, 3.05) is 6.79 Å². The zero-order valence-electron chi connectivity index (χ0n) is 11.5. The fraction of sp³-hybridized carbons (Fsp3) is 0.118. The van der Waals surface area contributed by atoms with Crippen LogP contribution < -0.4 is 9.47 Å². The third-order valence-corrected chi connectivity index (χ3v) is 3.66. The van der Waals surface area contributed by atoms with Gasteiger partial charge in [-0.2, -0.15) is 0 Å². The van der Waals surface area contributed by atoms with Crippen LogP contribution in [0, 0.1) is 0 Å². The first-order valence-corrected chi connectivity index (χ1v) is 6.83. The minimum atomic E-state index is -0.913. The van der Waals surface area contributed by atoms with Crippen molar-refractivity contribution in [1.82, 2.24) is 0 Å². The molecule has 2 aromatic carbocycles. The minimum absolute atomic E-state index is 0.182. The van der Waals surface area contributed by atoms with Gasteiger partial charge in [0.15, 0.2) is 11.5 Å². The van der Waals surface area contributed by atoms with Crippen molar-refractivity contribution in [2.45, 2.75) is 6.10 Å². The minimum Gasteiger partial charge on any atom is -0.454 e. The van der Waals surface area contributed by atoms with E-state index in [4.69, 9.17) is 14.2 Å². The maximum atomic E-state index is 11.8. The number of aliphatic hydroxyl groups excluding tert-OH is 1. The Kier molecular flexibility index (Phi) is 2.87. The monoisotopic (exact) mass is 296 g/mol. The summed E-state index contributed by atoms with van der Waals surface area (Å²) in [7, 11) is 0. The van der Waals surface area contributed by atoms with E-state index in [9.17, 15) is 9.90 Å². The standard InChI is InChI=1S/C17H12O5/c18-13(10-5-6-14-16(7-10)21-9-20-14)8-15-11-3-1-2-4-12(11)17(19)22-15/h1-8,13,18H,9H2/b15-8+. The molecule has 0 fully saturated rings. The molecule has 1 atom stereocenters. The second kappa shape index (κ2) is 4.89. The summed E-state index contributed by atoms with van der Waals surface area (Å²) in [5.74, 6) is 1.21. The Morgan fingerprint density at radius 2 is 1.82 bits per heavy atom. The molecular formula is C17H12O5. The van der Waals surface area contributed by atoms with Gasteiger partial charge < -0.3 is 19.3 Å². The Bertz CT molecular complexity index is 793. The summed E-state index contributed by atoms with van der Waals surface area (Å²) in [6.45, 7) is 0.182. The highest BCUT2D eigenvalue weighted by Crippen LogP contribution is 2.36. The largest absolute Gasteiger partial charge is 0.454 e. The van der Waals surface area contributed by atoms with Crippen LogP contribution >= 0.6 is 0 Å². The SMILES string of the molecule is O=C1O/C(=C/C(O)c2ccc3c(c2)OCO3)c2ccccc21. The predicted molar refractivity (Wildman–Crippen MR) is 77.4 cm³/mol. The molecule has 2 aliphatic rings. The van der Waals surface area contributed by atoms with Crippen molar-refractivity contribution in [3.63, 3.8) is 0 Å². The van der Waals surface area contributed by atoms with Crippen LogP contribution in [0.15, 0.2) is 48.5 Å². The number of fused-ring (bicyclic) bond motifs is 2. The van der Waals surface area contributed by atoms with Gasteiger partial charge in [-0.15, -0.1) is 0 Å². The second-order valence-corrected chi connectivity index (χ2v) is 5.02. The quantitative estimate of drug-likeness (QED) is 0.863. The number of carbonyl (C=O) groups is 1. The van der Waals surface area contributed by atoms with Gasteiger partial charge >= 0.3 is 5.97 Å². The van der Waals surface area contributed by atoms with Crippen LogP contribution in [0.25, 0.3) is 5.76 Å². The van der Waals surface area contributed by atoms with Crippen molar-refractivity contribution >= 4 is 11.7 Å². The number of aliphatic hydroxyl groups is 1. The first-order valence-electron chi connectivity index (χ1n) is 6.83. The fourth-order valence-electron chi connectivity index (χ4n) is 2.55. The molecule has 5 nitrogen and oxygen atoms in total. The first-order chi connectivity index (χ1) is 10.7. The van der Waals surface area contributed by atoms with Crippen LogP contribution in [0.3, 0.4) is 0 Å². The number of cyclic esters (lactones) is 1. The lowest BCUT2D eigenvalue weighted by Gasteiger charge is -2.08.